The molecule has 6 nitrogen and oxygen atoms in total. The quantitative estimate of drug-likeness (QED) is 0.566. The van der Waals surface area contributed by atoms with E-state index < -0.39 is 9.84 Å². The Morgan fingerprint density at radius 2 is 1.87 bits per heavy atom. The highest BCUT2D eigenvalue weighted by Crippen LogP contribution is 2.40. The summed E-state index contributed by atoms with van der Waals surface area (Å²) in [6, 6.07) is 11.1. The summed E-state index contributed by atoms with van der Waals surface area (Å²) in [4.78, 5) is 11.2. The molecule has 1 unspecified atom stereocenters. The van der Waals surface area contributed by atoms with Crippen molar-refractivity contribution in [3.05, 3.63) is 48.3 Å². The van der Waals surface area contributed by atoms with Crippen LogP contribution >= 0.6 is 11.3 Å². The van der Waals surface area contributed by atoms with Gasteiger partial charge in [0.2, 0.25) is 0 Å². The summed E-state index contributed by atoms with van der Waals surface area (Å²) < 4.78 is 30.3. The second kappa shape index (κ2) is 7.90. The summed E-state index contributed by atoms with van der Waals surface area (Å²) in [7, 11) is -2.90. The Balaban J connectivity index is 1.22. The van der Waals surface area contributed by atoms with Gasteiger partial charge in [-0.1, -0.05) is 23.5 Å². The number of pyridine rings is 1. The Bertz CT molecular complexity index is 1100. The van der Waals surface area contributed by atoms with E-state index >= 15 is 0 Å². The Labute approximate surface area is 180 Å². The Kier molecular flexibility index (Phi) is 5.24. The fourth-order valence-corrected chi connectivity index (χ4v) is 6.92. The van der Waals surface area contributed by atoms with E-state index in [1.54, 1.807) is 12.4 Å². The summed E-state index contributed by atoms with van der Waals surface area (Å²) in [5, 5.41) is 0.622. The largest absolute Gasteiger partial charge is 0.431 e. The second-order valence-corrected chi connectivity index (χ2v) is 11.7. The molecule has 5 rings (SSSR count). The number of piperidine rings is 1. The molecule has 4 heterocycles. The number of ether oxygens (including phenoxy) is 1. The van der Waals surface area contributed by atoms with Crippen LogP contribution in [0.15, 0.2) is 42.7 Å². The molecule has 2 bridgehead atoms. The number of rotatable bonds is 6. The number of sulfone groups is 1. The topological polar surface area (TPSA) is 72.4 Å². The van der Waals surface area contributed by atoms with Gasteiger partial charge in [-0.15, -0.1) is 0 Å². The number of aromatic nitrogens is 2. The van der Waals surface area contributed by atoms with Crippen molar-refractivity contribution >= 4 is 31.4 Å². The van der Waals surface area contributed by atoms with Gasteiger partial charge in [0.25, 0.3) is 5.19 Å². The van der Waals surface area contributed by atoms with Gasteiger partial charge < -0.3 is 4.74 Å². The number of nitrogens with zero attached hydrogens (tertiary/aromatic N) is 3. The molecule has 0 radical (unpaired) electrons. The van der Waals surface area contributed by atoms with Gasteiger partial charge in [-0.3, -0.25) is 9.88 Å². The third kappa shape index (κ3) is 4.36. The van der Waals surface area contributed by atoms with E-state index in [1.165, 1.54) is 36.0 Å². The van der Waals surface area contributed by atoms with Crippen LogP contribution in [0.2, 0.25) is 0 Å². The molecule has 2 saturated heterocycles. The van der Waals surface area contributed by atoms with Crippen molar-refractivity contribution in [3.63, 3.8) is 0 Å². The smallest absolute Gasteiger partial charge is 0.279 e. The highest BCUT2D eigenvalue weighted by atomic mass is 32.2. The van der Waals surface area contributed by atoms with Crippen molar-refractivity contribution in [2.24, 2.45) is 5.92 Å². The van der Waals surface area contributed by atoms with Crippen LogP contribution in [0.3, 0.4) is 0 Å². The van der Waals surface area contributed by atoms with Crippen LogP contribution in [-0.2, 0) is 16.4 Å². The first-order valence-corrected chi connectivity index (χ1v) is 13.2. The minimum Gasteiger partial charge on any atom is -0.431 e. The summed E-state index contributed by atoms with van der Waals surface area (Å²) >= 11 is 1.49. The lowest BCUT2D eigenvalue weighted by molar-refractivity contribution is 0.103. The SMILES string of the molecule is CS(=O)(=O)CC1C[C@H]2CC[C@@H](C1)N2Cc1ccc(Oc2nc3ccncc3s2)cc1. The Morgan fingerprint density at radius 3 is 2.53 bits per heavy atom. The molecular formula is C22H25N3O3S2. The Morgan fingerprint density at radius 1 is 1.13 bits per heavy atom. The average Bonchev–Trinajstić information content (AvgIpc) is 3.19. The predicted molar refractivity (Wildman–Crippen MR) is 119 cm³/mol. The first-order chi connectivity index (χ1) is 14.4. The van der Waals surface area contributed by atoms with Gasteiger partial charge in [-0.05, 0) is 55.4 Å². The molecule has 158 valence electrons. The molecule has 0 amide bonds. The lowest BCUT2D eigenvalue weighted by Gasteiger charge is -2.38. The minimum atomic E-state index is -2.90. The maximum Gasteiger partial charge on any atom is 0.279 e. The molecule has 3 atom stereocenters. The minimum absolute atomic E-state index is 0.313. The molecule has 3 aromatic rings. The van der Waals surface area contributed by atoms with Crippen LogP contribution in [0.1, 0.15) is 31.2 Å². The maximum atomic E-state index is 11.7. The molecule has 2 aliphatic heterocycles. The van der Waals surface area contributed by atoms with Crippen molar-refractivity contribution in [1.82, 2.24) is 14.9 Å². The van der Waals surface area contributed by atoms with Crippen LogP contribution in [0, 0.1) is 5.92 Å². The number of hydrogen-bond acceptors (Lipinski definition) is 7. The van der Waals surface area contributed by atoms with E-state index in [0.717, 1.165) is 35.4 Å². The van der Waals surface area contributed by atoms with Gasteiger partial charge in [0.1, 0.15) is 15.6 Å². The first kappa shape index (κ1) is 19.9. The van der Waals surface area contributed by atoms with Crippen molar-refractivity contribution < 1.29 is 13.2 Å². The summed E-state index contributed by atoms with van der Waals surface area (Å²) in [6.07, 6.45) is 9.25. The zero-order valence-corrected chi connectivity index (χ0v) is 18.5. The third-order valence-corrected chi connectivity index (χ3v) is 8.15. The number of hydrogen-bond donors (Lipinski definition) is 0. The molecule has 30 heavy (non-hydrogen) atoms. The van der Waals surface area contributed by atoms with Crippen LogP contribution in [0.4, 0.5) is 0 Å². The van der Waals surface area contributed by atoms with Gasteiger partial charge in [0.05, 0.1) is 16.0 Å². The van der Waals surface area contributed by atoms with E-state index in [9.17, 15) is 8.42 Å². The van der Waals surface area contributed by atoms with Gasteiger partial charge in [-0.2, -0.15) is 0 Å². The maximum absolute atomic E-state index is 11.7. The van der Waals surface area contributed by atoms with Gasteiger partial charge in [0.15, 0.2) is 0 Å². The highest BCUT2D eigenvalue weighted by Gasteiger charge is 2.41. The molecule has 0 saturated carbocycles. The normalized spacial score (nSPS) is 24.4. The molecule has 2 fully saturated rings. The lowest BCUT2D eigenvalue weighted by Crippen LogP contribution is -2.43. The number of benzene rings is 1. The number of fused-ring (bicyclic) bond motifs is 3. The van der Waals surface area contributed by atoms with Crippen LogP contribution in [0.5, 0.6) is 10.9 Å². The zero-order valence-electron chi connectivity index (χ0n) is 16.9. The molecule has 2 aliphatic rings. The van der Waals surface area contributed by atoms with Crippen molar-refractivity contribution in [2.75, 3.05) is 12.0 Å². The van der Waals surface area contributed by atoms with E-state index in [-0.39, 0.29) is 0 Å². The first-order valence-electron chi connectivity index (χ1n) is 10.3. The monoisotopic (exact) mass is 443 g/mol. The lowest BCUT2D eigenvalue weighted by atomic mass is 9.92. The second-order valence-electron chi connectivity index (χ2n) is 8.56. The van der Waals surface area contributed by atoms with E-state index in [1.807, 2.05) is 18.2 Å². The van der Waals surface area contributed by atoms with Crippen LogP contribution in [-0.4, -0.2) is 47.4 Å². The molecular weight excluding hydrogens is 418 g/mol. The van der Waals surface area contributed by atoms with Crippen molar-refractivity contribution in [1.29, 1.82) is 0 Å². The fourth-order valence-electron chi connectivity index (χ4n) is 4.99. The number of thiazole rings is 1. The van der Waals surface area contributed by atoms with E-state index in [2.05, 4.69) is 27.0 Å². The fraction of sp³-hybridized carbons (Fsp3) is 0.455. The predicted octanol–water partition coefficient (Wildman–Crippen LogP) is 4.27. The molecule has 2 aromatic heterocycles. The molecule has 1 aromatic carbocycles. The standard InChI is InChI=1S/C22H25N3O3S2/c1-30(26,27)14-16-10-17-4-5-18(11-16)25(17)13-15-2-6-19(7-3-15)28-22-24-20-8-9-23-12-21(20)29-22/h2-3,6-9,12,16-18H,4-5,10-11,13-14H2,1H3/t16?,17-,18+. The van der Waals surface area contributed by atoms with Crippen molar-refractivity contribution in [3.8, 4) is 10.9 Å². The third-order valence-electron chi connectivity index (χ3n) is 6.19. The van der Waals surface area contributed by atoms with Gasteiger partial charge >= 0.3 is 0 Å². The van der Waals surface area contributed by atoms with Crippen LogP contribution < -0.4 is 4.74 Å². The van der Waals surface area contributed by atoms with Gasteiger partial charge in [-0.25, -0.2) is 13.4 Å². The summed E-state index contributed by atoms with van der Waals surface area (Å²) in [5.74, 6) is 1.43. The zero-order chi connectivity index (χ0) is 20.7. The highest BCUT2D eigenvalue weighted by molar-refractivity contribution is 7.90. The van der Waals surface area contributed by atoms with Gasteiger partial charge in [0, 0.05) is 37.3 Å². The van der Waals surface area contributed by atoms with E-state index in [0.29, 0.717) is 28.9 Å². The summed E-state index contributed by atoms with van der Waals surface area (Å²) in [5.41, 5.74) is 2.16. The Hall–Kier alpha value is -2.03. The average molecular weight is 444 g/mol. The van der Waals surface area contributed by atoms with Crippen molar-refractivity contribution in [2.45, 2.75) is 44.3 Å². The van der Waals surface area contributed by atoms with E-state index in [4.69, 9.17) is 4.74 Å². The molecule has 0 spiro atoms. The summed E-state index contributed by atoms with van der Waals surface area (Å²) in [6.45, 7) is 0.911. The molecule has 0 N–H and O–H groups in total. The molecule has 0 aliphatic carbocycles. The molecule has 8 heteroatoms. The van der Waals surface area contributed by atoms with Crippen LogP contribution in [0.25, 0.3) is 10.2 Å².